The number of H-pyrrole nitrogens is 6. The van der Waals surface area contributed by atoms with Crippen molar-refractivity contribution in [3.63, 3.8) is 0 Å². The Bertz CT molecular complexity index is 3660. The van der Waals surface area contributed by atoms with Crippen LogP contribution in [0.5, 0.6) is 0 Å². The Hall–Kier alpha value is -8.93. The van der Waals surface area contributed by atoms with E-state index in [1.807, 2.05) is 0 Å². The van der Waals surface area contributed by atoms with Crippen molar-refractivity contribution in [1.82, 2.24) is 54.7 Å². The van der Waals surface area contributed by atoms with Crippen molar-refractivity contribution >= 4 is 37.3 Å². The van der Waals surface area contributed by atoms with Crippen LogP contribution in [-0.2, 0) is 77.0 Å². The van der Waals surface area contributed by atoms with Gasteiger partial charge in [0.25, 0.3) is 0 Å². The monoisotopic (exact) mass is 1320 g/mol. The molecule has 9 aromatic heterocycles. The van der Waals surface area contributed by atoms with Gasteiger partial charge in [-0.1, -0.05) is 101 Å². The summed E-state index contributed by atoms with van der Waals surface area (Å²) < 4.78 is 0. The van der Waals surface area contributed by atoms with Crippen molar-refractivity contribution in [3.8, 4) is 68.3 Å². The molecule has 514 valence electrons. The lowest BCUT2D eigenvalue weighted by Crippen LogP contribution is -2.31. The molecule has 98 heavy (non-hydrogen) atoms. The second-order valence-electron chi connectivity index (χ2n) is 25.6. The van der Waals surface area contributed by atoms with E-state index in [0.29, 0.717) is 39.3 Å². The van der Waals surface area contributed by atoms with Gasteiger partial charge in [0.1, 0.15) is 0 Å². The summed E-state index contributed by atoms with van der Waals surface area (Å²) in [5.41, 5.74) is 33.5. The number of nitrogens with zero attached hydrogens (tertiary/aromatic N) is 11. The first-order valence-corrected chi connectivity index (χ1v) is 36.9. The van der Waals surface area contributed by atoms with E-state index < -0.39 is 0 Å². The largest absolute Gasteiger partial charge is 0.352 e. The summed E-state index contributed by atoms with van der Waals surface area (Å²) in [7, 11) is 0. The molecule has 3 aliphatic rings. The third kappa shape index (κ3) is 15.0. The van der Waals surface area contributed by atoms with Gasteiger partial charge in [-0.3, -0.25) is 39.8 Å². The highest BCUT2D eigenvalue weighted by Gasteiger charge is 2.25. The van der Waals surface area contributed by atoms with E-state index in [0.717, 1.165) is 219 Å². The average molecular weight is 1320 g/mol. The third-order valence-electron chi connectivity index (χ3n) is 20.1. The first kappa shape index (κ1) is 70.4. The normalized spacial score (nSPS) is 15.9. The predicted molar refractivity (Wildman–Crippen MR) is 412 cm³/mol. The van der Waals surface area contributed by atoms with Crippen LogP contribution < -0.4 is 0 Å². The van der Waals surface area contributed by atoms with Crippen LogP contribution in [0.3, 0.4) is 0 Å². The van der Waals surface area contributed by atoms with E-state index in [1.54, 1.807) is 0 Å². The van der Waals surface area contributed by atoms with E-state index >= 15 is 0 Å². The maximum Gasteiger partial charge on any atom is 0.0875 e. The number of aliphatic imine (C=N–C) groups is 6. The number of aromatic amines is 6. The van der Waals surface area contributed by atoms with Gasteiger partial charge in [-0.2, -0.15) is 0 Å². The zero-order valence-electron chi connectivity index (χ0n) is 60.6. The van der Waals surface area contributed by atoms with Gasteiger partial charge in [0.05, 0.1) is 142 Å². The van der Waals surface area contributed by atoms with Crippen LogP contribution in [0.4, 0.5) is 0 Å². The molecule has 9 aromatic rings. The Morgan fingerprint density at radius 1 is 0.235 bits per heavy atom. The molecule has 0 unspecified atom stereocenters. The summed E-state index contributed by atoms with van der Waals surface area (Å²) in [4.78, 5) is 75.4. The molecule has 0 atom stereocenters. The van der Waals surface area contributed by atoms with Gasteiger partial charge in [-0.15, -0.1) is 0 Å². The Morgan fingerprint density at radius 3 is 0.531 bits per heavy atom. The lowest BCUT2D eigenvalue weighted by molar-refractivity contribution is 0.298. The molecular weight excluding hydrogens is 1210 g/mol. The van der Waals surface area contributed by atoms with Crippen LogP contribution >= 0.6 is 0 Å². The van der Waals surface area contributed by atoms with Crippen LogP contribution in [0, 0.1) is 0 Å². The molecule has 0 radical (unpaired) electrons. The zero-order chi connectivity index (χ0) is 68.7. The molecule has 12 rings (SSSR count). The van der Waals surface area contributed by atoms with Crippen molar-refractivity contribution in [2.75, 3.05) is 78.5 Å². The summed E-state index contributed by atoms with van der Waals surface area (Å²) in [6, 6.07) is 19.3. The molecule has 0 aliphatic carbocycles. The second kappa shape index (κ2) is 33.6. The van der Waals surface area contributed by atoms with Gasteiger partial charge in [-0.05, 0) is 180 Å². The summed E-state index contributed by atoms with van der Waals surface area (Å²) in [6.45, 7) is 35.1. The van der Waals surface area contributed by atoms with Crippen molar-refractivity contribution in [2.45, 2.75) is 160 Å². The van der Waals surface area contributed by atoms with E-state index in [2.05, 4.69) is 215 Å². The summed E-state index contributed by atoms with van der Waals surface area (Å²) in [6.07, 6.45) is 22.8. The average Bonchev–Trinajstić information content (AvgIpc) is 1.63. The first-order chi connectivity index (χ1) is 48.1. The fourth-order valence-electron chi connectivity index (χ4n) is 15.3. The number of aromatic nitrogens is 9. The minimum atomic E-state index is 0.613. The molecule has 0 saturated carbocycles. The molecular formula is C81H105N17. The lowest BCUT2D eigenvalue weighted by Gasteiger charge is -2.19. The maximum absolute atomic E-state index is 5.45. The number of hydrogen-bond donors (Lipinski definition) is 6. The van der Waals surface area contributed by atoms with Gasteiger partial charge < -0.3 is 29.9 Å². The number of rotatable bonds is 12. The fraction of sp³-hybridized carbons (Fsp3) is 0.444. The van der Waals surface area contributed by atoms with E-state index in [1.165, 1.54) is 66.8 Å². The summed E-state index contributed by atoms with van der Waals surface area (Å²) in [5, 5.41) is 0. The molecule has 0 amide bonds. The van der Waals surface area contributed by atoms with Crippen LogP contribution in [0.25, 0.3) is 68.3 Å². The SMILES string of the molecule is CCc1c2[nH]c(c1CC)-c1cccc(n1)-c1[nH]c(c(CC)c1CC)C=NCCN1CCN=Cc3[nH]c(c(CC)c3CC)-c3cccc(n3)-c3[nH]c(c(CC)c3CC)C=NCCN(CCN=C2)CCN=Cc2[nH]c(c(CC)c2CC)-c2cccc(n2)-c2[nH]c(c(CC)c2CC)C=NCC1. The molecule has 6 N–H and O–H groups in total. The summed E-state index contributed by atoms with van der Waals surface area (Å²) >= 11 is 0. The maximum atomic E-state index is 5.45. The Labute approximate surface area is 581 Å². The number of hydrogen-bond acceptors (Lipinski definition) is 11. The lowest BCUT2D eigenvalue weighted by atomic mass is 10.0. The minimum Gasteiger partial charge on any atom is -0.352 e. The topological polar surface area (TPSA) is 214 Å². The third-order valence-corrected chi connectivity index (χ3v) is 20.1. The Balaban J connectivity index is 1.03. The van der Waals surface area contributed by atoms with E-state index in [9.17, 15) is 0 Å². The molecule has 17 heteroatoms. The van der Waals surface area contributed by atoms with Gasteiger partial charge in [0.15, 0.2) is 0 Å². The second-order valence-corrected chi connectivity index (χ2v) is 25.6. The van der Waals surface area contributed by atoms with Gasteiger partial charge >= 0.3 is 0 Å². The zero-order valence-corrected chi connectivity index (χ0v) is 60.6. The van der Waals surface area contributed by atoms with E-state index in [4.69, 9.17) is 44.9 Å². The van der Waals surface area contributed by atoms with Gasteiger partial charge in [-0.25, -0.2) is 15.0 Å². The van der Waals surface area contributed by atoms with Crippen LogP contribution in [0.2, 0.25) is 0 Å². The standard InChI is InChI=1S/C81H105N17/c1-13-52-58(19-7)76-64-28-25-29-65(88-64)77-59(20-8)53(14-2)71(92-77)47-85-37-43-98-44-38-86-50-74-56(17-5)62(23-11)80(95-74)68-32-26-30-66(89-68)78-60(21-9)54(15-3)72(93-78)48-83-35-41-97(40-34-82-46-70(52)91-76)42-36-84-49-73-55(16-4)61(22-10)79(94-73)67-31-27-33-69(90-67)81-63(24-12)57(18-6)75(96-81)51-87-39-45-98/h25-33,46-51,91-96H,13-24,34-45H2,1-12H3. The number of pyridine rings is 3. The minimum absolute atomic E-state index is 0.613. The quantitative estimate of drug-likeness (QED) is 0.0702. The van der Waals surface area contributed by atoms with Crippen LogP contribution in [0.15, 0.2) is 84.6 Å². The molecule has 0 fully saturated rings. The molecule has 0 aromatic carbocycles. The highest BCUT2D eigenvalue weighted by molar-refractivity contribution is 5.89. The highest BCUT2D eigenvalue weighted by atomic mass is 15.2. The van der Waals surface area contributed by atoms with Crippen LogP contribution in [0.1, 0.15) is 184 Å². The van der Waals surface area contributed by atoms with Crippen molar-refractivity contribution in [1.29, 1.82) is 0 Å². The summed E-state index contributed by atoms with van der Waals surface area (Å²) in [5.74, 6) is 0. The Kier molecular flexibility index (Phi) is 24.1. The molecule has 20 bridgehead atoms. The van der Waals surface area contributed by atoms with Gasteiger partial charge in [0, 0.05) is 76.6 Å². The smallest absolute Gasteiger partial charge is 0.0875 e. The van der Waals surface area contributed by atoms with Crippen molar-refractivity contribution in [3.05, 3.63) is 156 Å². The van der Waals surface area contributed by atoms with E-state index in [-0.39, 0.29) is 0 Å². The van der Waals surface area contributed by atoms with Crippen molar-refractivity contribution in [2.24, 2.45) is 30.0 Å². The molecule has 0 saturated heterocycles. The van der Waals surface area contributed by atoms with Crippen molar-refractivity contribution < 1.29 is 0 Å². The molecule has 0 spiro atoms. The molecule has 12 heterocycles. The molecule has 17 nitrogen and oxygen atoms in total. The van der Waals surface area contributed by atoms with Crippen LogP contribution in [-0.4, -0.2) is 170 Å². The first-order valence-electron chi connectivity index (χ1n) is 36.9. The van der Waals surface area contributed by atoms with Gasteiger partial charge in [0.2, 0.25) is 0 Å². The Morgan fingerprint density at radius 2 is 0.388 bits per heavy atom. The molecule has 3 aliphatic heterocycles. The highest BCUT2D eigenvalue weighted by Crippen LogP contribution is 2.37. The fourth-order valence-corrected chi connectivity index (χ4v) is 15.3. The predicted octanol–water partition coefficient (Wildman–Crippen LogP) is 15.1. The number of fused-ring (bicyclic) bond motifs is 12. The number of nitrogens with one attached hydrogen (secondary N) is 6.